The lowest BCUT2D eigenvalue weighted by molar-refractivity contribution is 0.0696. The summed E-state index contributed by atoms with van der Waals surface area (Å²) < 4.78 is 30.4. The highest BCUT2D eigenvalue weighted by atomic mass is 79.9. The molecule has 1 aromatic rings. The quantitative estimate of drug-likeness (QED) is 0.799. The molecule has 0 aromatic heterocycles. The van der Waals surface area contributed by atoms with Gasteiger partial charge in [0.1, 0.15) is 4.90 Å². The first-order chi connectivity index (χ1) is 6.32. The lowest BCUT2D eigenvalue weighted by Gasteiger charge is -2.01. The molecular weight excluding hydrogens is 276 g/mol. The van der Waals surface area contributed by atoms with Gasteiger partial charge in [0.15, 0.2) is 0 Å². The van der Waals surface area contributed by atoms with Crippen molar-refractivity contribution in [2.45, 2.75) is 4.90 Å². The van der Waals surface area contributed by atoms with E-state index >= 15 is 0 Å². The Morgan fingerprint density at radius 3 is 2.36 bits per heavy atom. The van der Waals surface area contributed by atoms with Gasteiger partial charge in [-0.1, -0.05) is 0 Å². The molecule has 0 radical (unpaired) electrons. The van der Waals surface area contributed by atoms with Gasteiger partial charge in [-0.25, -0.2) is 4.79 Å². The molecule has 0 unspecified atom stereocenters. The third-order valence-corrected chi connectivity index (χ3v) is 3.30. The molecule has 14 heavy (non-hydrogen) atoms. The highest BCUT2D eigenvalue weighted by Gasteiger charge is 2.16. The van der Waals surface area contributed by atoms with E-state index in [1.807, 2.05) is 0 Å². The molecule has 2 N–H and O–H groups in total. The van der Waals surface area contributed by atoms with Crippen LogP contribution in [0.1, 0.15) is 10.4 Å². The first kappa shape index (κ1) is 11.2. The maximum atomic E-state index is 10.8. The fourth-order valence-corrected chi connectivity index (χ4v) is 2.28. The summed E-state index contributed by atoms with van der Waals surface area (Å²) in [6, 6.07) is 3.34. The van der Waals surface area contributed by atoms with E-state index in [4.69, 9.17) is 9.66 Å². The molecule has 1 rings (SSSR count). The number of benzene rings is 1. The summed E-state index contributed by atoms with van der Waals surface area (Å²) in [6.07, 6.45) is 0. The predicted octanol–water partition coefficient (Wildman–Crippen LogP) is 1.39. The number of aromatic carboxylic acids is 1. The molecule has 0 spiro atoms. The Bertz CT molecular complexity index is 479. The lowest BCUT2D eigenvalue weighted by atomic mass is 10.2. The fourth-order valence-electron chi connectivity index (χ4n) is 0.834. The number of hydrogen-bond acceptors (Lipinski definition) is 3. The van der Waals surface area contributed by atoms with Gasteiger partial charge in [-0.2, -0.15) is 8.42 Å². The number of carbonyl (C=O) groups is 1. The van der Waals surface area contributed by atoms with E-state index in [-0.39, 0.29) is 10.0 Å². The van der Waals surface area contributed by atoms with Gasteiger partial charge in [-0.05, 0) is 34.1 Å². The largest absolute Gasteiger partial charge is 0.478 e. The van der Waals surface area contributed by atoms with Crippen LogP contribution in [0.5, 0.6) is 0 Å². The maximum Gasteiger partial charge on any atom is 0.335 e. The Kier molecular flexibility index (Phi) is 2.93. The van der Waals surface area contributed by atoms with Crippen LogP contribution in [0, 0.1) is 0 Å². The van der Waals surface area contributed by atoms with Crippen molar-refractivity contribution >= 4 is 32.0 Å². The van der Waals surface area contributed by atoms with E-state index < -0.39 is 21.0 Å². The smallest absolute Gasteiger partial charge is 0.335 e. The molecule has 7 heteroatoms. The molecule has 0 saturated heterocycles. The van der Waals surface area contributed by atoms with Crippen molar-refractivity contribution in [3.8, 4) is 0 Å². The van der Waals surface area contributed by atoms with Gasteiger partial charge in [0, 0.05) is 4.47 Å². The zero-order chi connectivity index (χ0) is 10.9. The Labute approximate surface area is 88.2 Å². The van der Waals surface area contributed by atoms with Crippen molar-refractivity contribution in [1.82, 2.24) is 0 Å². The van der Waals surface area contributed by atoms with Crippen LogP contribution in [0.4, 0.5) is 0 Å². The van der Waals surface area contributed by atoms with Crippen LogP contribution >= 0.6 is 15.9 Å². The van der Waals surface area contributed by atoms with E-state index in [1.54, 1.807) is 0 Å². The minimum Gasteiger partial charge on any atom is -0.478 e. The summed E-state index contributed by atoms with van der Waals surface area (Å²) in [7, 11) is -4.40. The maximum absolute atomic E-state index is 10.8. The molecule has 0 fully saturated rings. The van der Waals surface area contributed by atoms with E-state index in [1.165, 1.54) is 12.1 Å². The summed E-state index contributed by atoms with van der Waals surface area (Å²) in [5, 5.41) is 8.57. The second kappa shape index (κ2) is 3.68. The lowest BCUT2D eigenvalue weighted by Crippen LogP contribution is -2.03. The number of carboxylic acid groups (broad SMARTS) is 1. The van der Waals surface area contributed by atoms with Crippen molar-refractivity contribution in [1.29, 1.82) is 0 Å². The highest BCUT2D eigenvalue weighted by molar-refractivity contribution is 9.10. The Balaban J connectivity index is 3.44. The SMILES string of the molecule is O=C(O)c1ccc(Br)c(S(=O)(=O)O)c1. The van der Waals surface area contributed by atoms with E-state index in [0.717, 1.165) is 6.07 Å². The zero-order valence-corrected chi connectivity index (χ0v) is 9.04. The van der Waals surface area contributed by atoms with Gasteiger partial charge in [0.05, 0.1) is 5.56 Å². The highest BCUT2D eigenvalue weighted by Crippen LogP contribution is 2.22. The molecule has 1 aromatic carbocycles. The fraction of sp³-hybridized carbons (Fsp3) is 0. The molecule has 76 valence electrons. The summed E-state index contributed by atoms with van der Waals surface area (Å²) in [4.78, 5) is 10.0. The Morgan fingerprint density at radius 2 is 1.93 bits per heavy atom. The van der Waals surface area contributed by atoms with Crippen LogP contribution < -0.4 is 0 Å². The van der Waals surface area contributed by atoms with Crippen molar-refractivity contribution < 1.29 is 22.9 Å². The molecule has 0 atom stereocenters. The van der Waals surface area contributed by atoms with Crippen molar-refractivity contribution in [3.05, 3.63) is 28.2 Å². The van der Waals surface area contributed by atoms with Gasteiger partial charge in [0.2, 0.25) is 0 Å². The van der Waals surface area contributed by atoms with E-state index in [2.05, 4.69) is 15.9 Å². The topological polar surface area (TPSA) is 91.7 Å². The molecular formula is C7H5BrO5S. The number of hydrogen-bond donors (Lipinski definition) is 2. The van der Waals surface area contributed by atoms with Crippen molar-refractivity contribution in [2.75, 3.05) is 0 Å². The summed E-state index contributed by atoms with van der Waals surface area (Å²) in [5.74, 6) is -1.26. The second-order valence-electron chi connectivity index (χ2n) is 2.43. The molecule has 0 aliphatic carbocycles. The van der Waals surface area contributed by atoms with Crippen molar-refractivity contribution in [3.63, 3.8) is 0 Å². The minimum atomic E-state index is -4.40. The summed E-state index contributed by atoms with van der Waals surface area (Å²) in [6.45, 7) is 0. The van der Waals surface area contributed by atoms with Crippen LogP contribution in [0.2, 0.25) is 0 Å². The van der Waals surface area contributed by atoms with Gasteiger partial charge in [-0.15, -0.1) is 0 Å². The van der Waals surface area contributed by atoms with Gasteiger partial charge in [0.25, 0.3) is 10.1 Å². The van der Waals surface area contributed by atoms with Crippen LogP contribution in [-0.4, -0.2) is 24.0 Å². The molecule has 0 amide bonds. The third kappa shape index (κ3) is 2.31. The molecule has 0 saturated carbocycles. The molecule has 0 heterocycles. The number of rotatable bonds is 2. The van der Waals surface area contributed by atoms with Gasteiger partial charge < -0.3 is 5.11 Å². The standard InChI is InChI=1S/C7H5BrO5S/c8-5-2-1-4(7(9)10)3-6(5)14(11,12)13/h1-3H,(H,9,10)(H,11,12,13). The first-order valence-electron chi connectivity index (χ1n) is 3.32. The zero-order valence-electron chi connectivity index (χ0n) is 6.64. The Hall–Kier alpha value is -0.920. The second-order valence-corrected chi connectivity index (χ2v) is 4.67. The van der Waals surface area contributed by atoms with Crippen LogP contribution in [0.25, 0.3) is 0 Å². The number of halogens is 1. The van der Waals surface area contributed by atoms with Crippen molar-refractivity contribution in [2.24, 2.45) is 0 Å². The van der Waals surface area contributed by atoms with Crippen LogP contribution in [-0.2, 0) is 10.1 Å². The van der Waals surface area contributed by atoms with Crippen LogP contribution in [0.15, 0.2) is 27.6 Å². The van der Waals surface area contributed by atoms with Crippen LogP contribution in [0.3, 0.4) is 0 Å². The summed E-state index contributed by atoms with van der Waals surface area (Å²) >= 11 is 2.88. The molecule has 0 bridgehead atoms. The summed E-state index contributed by atoms with van der Waals surface area (Å²) in [5.41, 5.74) is -0.208. The molecule has 0 aliphatic heterocycles. The third-order valence-electron chi connectivity index (χ3n) is 1.46. The average Bonchev–Trinajstić information content (AvgIpc) is 2.02. The molecule has 5 nitrogen and oxygen atoms in total. The van der Waals surface area contributed by atoms with E-state index in [0.29, 0.717) is 0 Å². The number of carboxylic acids is 1. The first-order valence-corrected chi connectivity index (χ1v) is 5.56. The van der Waals surface area contributed by atoms with E-state index in [9.17, 15) is 13.2 Å². The monoisotopic (exact) mass is 280 g/mol. The molecule has 0 aliphatic rings. The van der Waals surface area contributed by atoms with Gasteiger partial charge in [-0.3, -0.25) is 4.55 Å². The van der Waals surface area contributed by atoms with Gasteiger partial charge >= 0.3 is 5.97 Å². The predicted molar refractivity (Wildman–Crippen MR) is 50.9 cm³/mol. The Morgan fingerprint density at radius 1 is 1.36 bits per heavy atom. The normalized spacial score (nSPS) is 11.3. The minimum absolute atomic E-state index is 0.116. The average molecular weight is 281 g/mol.